The van der Waals surface area contributed by atoms with Gasteiger partial charge in [0.05, 0.1) is 30.6 Å². The molecule has 34 nitrogen and oxygen atoms in total. The quantitative estimate of drug-likeness (QED) is 0.0345. The summed E-state index contributed by atoms with van der Waals surface area (Å²) in [7, 11) is -9.03. The number of anilines is 2. The fourth-order valence-electron chi connectivity index (χ4n) is 8.43. The lowest BCUT2D eigenvalue weighted by atomic mass is 10.00. The molecule has 0 spiro atoms. The van der Waals surface area contributed by atoms with Crippen molar-refractivity contribution in [1.82, 2.24) is 84.5 Å². The Morgan fingerprint density at radius 2 is 1.07 bits per heavy atom. The Balaban J connectivity index is 0.000000194. The van der Waals surface area contributed by atoms with Gasteiger partial charge >= 0.3 is 20.5 Å². The van der Waals surface area contributed by atoms with E-state index in [1.807, 2.05) is 4.72 Å². The first kappa shape index (κ1) is 56.0. The van der Waals surface area contributed by atoms with Gasteiger partial charge in [0.2, 0.25) is 23.5 Å². The number of ether oxygens (including phenoxy) is 2. The number of Topliss-reactive ketones (excluding diaryl/α,β-unsaturated/α-hetero) is 2. The van der Waals surface area contributed by atoms with Crippen LogP contribution >= 0.6 is 0 Å². The van der Waals surface area contributed by atoms with Crippen molar-refractivity contribution in [2.45, 2.75) is 74.8 Å². The zero-order chi connectivity index (χ0) is 56.9. The van der Waals surface area contributed by atoms with Gasteiger partial charge in [-0.15, -0.1) is 20.4 Å². The van der Waals surface area contributed by atoms with Crippen LogP contribution in [0.25, 0.3) is 45.1 Å². The van der Waals surface area contributed by atoms with E-state index in [1.165, 1.54) is 46.3 Å². The molecule has 420 valence electrons. The van der Waals surface area contributed by atoms with Gasteiger partial charge in [0.1, 0.15) is 47.7 Å². The molecule has 13 N–H and O–H groups in total. The first-order valence-corrected chi connectivity index (χ1v) is 26.6. The first-order chi connectivity index (χ1) is 38.3. The van der Waals surface area contributed by atoms with Crippen LogP contribution in [0.3, 0.4) is 0 Å². The molecule has 36 heteroatoms. The molecule has 2 fully saturated rings. The van der Waals surface area contributed by atoms with Crippen LogP contribution in [0.2, 0.25) is 0 Å². The Bertz CT molecular complexity index is 3530. The minimum atomic E-state index is -4.64. The van der Waals surface area contributed by atoms with E-state index in [0.29, 0.717) is 39.2 Å². The highest BCUT2D eigenvalue weighted by Crippen LogP contribution is 2.34. The molecule has 0 unspecified atom stereocenters. The van der Waals surface area contributed by atoms with Crippen molar-refractivity contribution in [2.75, 3.05) is 24.6 Å². The van der Waals surface area contributed by atoms with Crippen LogP contribution in [0.15, 0.2) is 85.7 Å². The van der Waals surface area contributed by atoms with Crippen LogP contribution < -0.4 is 25.6 Å². The summed E-state index contributed by atoms with van der Waals surface area (Å²) >= 11 is 0. The number of aliphatic hydroxyl groups excluding tert-OH is 4. The van der Waals surface area contributed by atoms with Gasteiger partial charge in [0.25, 0.3) is 0 Å². The summed E-state index contributed by atoms with van der Waals surface area (Å²) in [5.41, 5.74) is 15.1. The van der Waals surface area contributed by atoms with Gasteiger partial charge in [-0.3, -0.25) is 32.5 Å². The van der Waals surface area contributed by atoms with Gasteiger partial charge in [-0.05, 0) is 22.6 Å². The summed E-state index contributed by atoms with van der Waals surface area (Å²) in [5.74, 6) is -2.41. The molecule has 0 saturated carbocycles. The number of H-pyrrole nitrogens is 2. The molecule has 8 aromatic rings. The number of benzene rings is 2. The fraction of sp³-hybridized carbons (Fsp3) is 0.318. The molecular weight excluding hydrogens is 1100 g/mol. The van der Waals surface area contributed by atoms with Gasteiger partial charge < -0.3 is 41.4 Å². The van der Waals surface area contributed by atoms with Gasteiger partial charge in [-0.25, -0.2) is 29.4 Å². The highest BCUT2D eigenvalue weighted by molar-refractivity contribution is 7.88. The van der Waals surface area contributed by atoms with Crippen molar-refractivity contribution in [3.8, 4) is 22.8 Å². The Morgan fingerprint density at radius 1 is 0.613 bits per heavy atom. The second-order valence-electron chi connectivity index (χ2n) is 17.6. The van der Waals surface area contributed by atoms with E-state index >= 15 is 0 Å². The predicted molar refractivity (Wildman–Crippen MR) is 270 cm³/mol. The molecule has 80 heavy (non-hydrogen) atoms. The van der Waals surface area contributed by atoms with Crippen LogP contribution in [-0.4, -0.2) is 181 Å². The number of nitrogen functional groups attached to an aromatic ring is 2. The van der Waals surface area contributed by atoms with E-state index < -0.39 is 119 Å². The SMILES string of the molecule is Nc1ccnc2c1ncn2[C@@H]1O[C@H](CNS(=O)(=O)NC(=O)CCC(=O)c2ccccc2-c2nn[nH]n2)[C@@H](O)[C@H]1O.Nc1ccnc2c1ncn2[C@@H]1O[C@H](COS(=O)(=O)NC(=O)CCC(=O)c2ccccc2-c2nn[nH]n2)[C@@H](O)[C@H]1O. The summed E-state index contributed by atoms with van der Waals surface area (Å²) in [6.45, 7) is -1.20. The summed E-state index contributed by atoms with van der Waals surface area (Å²) < 4.78 is 74.0. The van der Waals surface area contributed by atoms with Crippen LogP contribution in [0.1, 0.15) is 58.9 Å². The first-order valence-electron chi connectivity index (χ1n) is 23.7. The molecule has 2 aliphatic rings. The molecule has 2 aliphatic heterocycles. The lowest BCUT2D eigenvalue weighted by molar-refractivity contribution is -0.120. The molecule has 2 saturated heterocycles. The molecule has 10 rings (SSSR count). The molecular formula is C44H47N19O15S2. The number of aromatic amines is 2. The summed E-state index contributed by atoms with van der Waals surface area (Å²) in [4.78, 5) is 66.6. The Morgan fingerprint density at radius 3 is 1.56 bits per heavy atom. The highest BCUT2D eigenvalue weighted by atomic mass is 32.2. The monoisotopic (exact) mass is 1150 g/mol. The van der Waals surface area contributed by atoms with Crippen molar-refractivity contribution in [1.29, 1.82) is 0 Å². The number of ketones is 2. The van der Waals surface area contributed by atoms with E-state index in [-0.39, 0.29) is 41.3 Å². The number of hydrogen-bond acceptors (Lipinski definition) is 27. The number of imidazole rings is 2. The predicted octanol–water partition coefficient (Wildman–Crippen LogP) is -2.72. The van der Waals surface area contributed by atoms with Crippen LogP contribution in [0, 0.1) is 0 Å². The van der Waals surface area contributed by atoms with Crippen molar-refractivity contribution in [3.05, 3.63) is 96.8 Å². The second kappa shape index (κ2) is 23.7. The van der Waals surface area contributed by atoms with Gasteiger partial charge in [-0.2, -0.15) is 32.0 Å². The Hall–Kier alpha value is -8.72. The number of nitrogens with two attached hydrogens (primary N) is 2. The minimum Gasteiger partial charge on any atom is -0.397 e. The molecule has 0 radical (unpaired) electrons. The van der Waals surface area contributed by atoms with E-state index in [4.69, 9.17) is 25.1 Å². The number of aromatic nitrogens is 14. The zero-order valence-corrected chi connectivity index (χ0v) is 42.7. The van der Waals surface area contributed by atoms with Gasteiger partial charge in [0.15, 0.2) is 35.3 Å². The lowest BCUT2D eigenvalue weighted by Gasteiger charge is -2.16. The van der Waals surface area contributed by atoms with Crippen LogP contribution in [0.4, 0.5) is 11.4 Å². The molecule has 0 aliphatic carbocycles. The molecule has 8 heterocycles. The second-order valence-corrected chi connectivity index (χ2v) is 20.4. The van der Waals surface area contributed by atoms with Crippen LogP contribution in [0.5, 0.6) is 0 Å². The number of fused-ring (bicyclic) bond motifs is 2. The number of amides is 2. The average molecular weight is 1150 g/mol. The Labute approximate surface area is 449 Å². The summed E-state index contributed by atoms with van der Waals surface area (Å²) in [6, 6.07) is 16.0. The maximum absolute atomic E-state index is 12.7. The Kier molecular flexibility index (Phi) is 16.6. The maximum atomic E-state index is 12.7. The van der Waals surface area contributed by atoms with Crippen LogP contribution in [-0.2, 0) is 43.8 Å². The van der Waals surface area contributed by atoms with E-state index in [2.05, 4.69) is 65.9 Å². The van der Waals surface area contributed by atoms with E-state index in [0.717, 1.165) is 0 Å². The van der Waals surface area contributed by atoms with Gasteiger partial charge in [0, 0.05) is 66.9 Å². The van der Waals surface area contributed by atoms with E-state index in [1.54, 1.807) is 53.3 Å². The van der Waals surface area contributed by atoms with Crippen molar-refractivity contribution in [3.63, 3.8) is 0 Å². The molecule has 2 aromatic carbocycles. The number of nitrogens with zero attached hydrogens (tertiary/aromatic N) is 12. The third-order valence-electron chi connectivity index (χ3n) is 12.3. The topological polar surface area (TPSA) is 504 Å². The molecule has 0 bridgehead atoms. The van der Waals surface area contributed by atoms with Crippen molar-refractivity contribution >= 4 is 77.6 Å². The number of pyridine rings is 2. The number of rotatable bonds is 20. The fourth-order valence-corrected chi connectivity index (χ4v) is 10.0. The zero-order valence-electron chi connectivity index (χ0n) is 41.1. The standard InChI is InChI=1S/C22H24N10O7S.C22H23N9O8S/c23-13-7-8-24-21-17(13)25-10-32(21)22-19(36)18(35)15(39-22)9-26-40(37,38)29-16(34)6-5-14(33)11-3-1-2-4-12(11)20-27-30-31-28-20;23-13-7-8-24-21-17(13)25-10-31(21)22-19(35)18(34)15(39-22)9-38-40(36,37)28-16(33)6-5-14(32)11-3-1-2-4-12(11)20-26-29-30-27-20/h1-4,7-8,10,15,18-19,22,26,35-36H,5-6,9H2,(H2,23,24)(H,29,34)(H,27,28,30,31);1-4,7-8,10,15,18-19,22,34-35H,5-6,9H2,(H2,23,24)(H,28,33)(H,26,27,29,30)/t2*15-,18-,19-,22-/m11/s1. The minimum absolute atomic E-state index is 0.190. The molecule has 6 aromatic heterocycles. The molecule has 8 atom stereocenters. The number of tetrazole rings is 2. The smallest absolute Gasteiger partial charge is 0.362 e. The normalized spacial score (nSPS) is 21.1. The third kappa shape index (κ3) is 12.4. The largest absolute Gasteiger partial charge is 0.397 e. The number of carbonyl (C=O) groups is 4. The summed E-state index contributed by atoms with van der Waals surface area (Å²) in [6.07, 6.45) is -6.63. The van der Waals surface area contributed by atoms with E-state index in [9.17, 15) is 56.4 Å². The number of aliphatic hydroxyl groups is 4. The maximum Gasteiger partial charge on any atom is 0.362 e. The highest BCUT2D eigenvalue weighted by Gasteiger charge is 2.46. The number of hydrogen-bond donors (Lipinski definition) is 11. The number of carbonyl (C=O) groups excluding carboxylic acids is 4. The number of nitrogens with one attached hydrogen (secondary N) is 5. The van der Waals surface area contributed by atoms with Crippen molar-refractivity contribution < 1.29 is 70.1 Å². The molecule has 2 amide bonds. The third-order valence-corrected chi connectivity index (χ3v) is 14.3. The lowest BCUT2D eigenvalue weighted by Crippen LogP contribution is -2.45. The van der Waals surface area contributed by atoms with Crippen molar-refractivity contribution in [2.24, 2.45) is 0 Å². The summed E-state index contributed by atoms with van der Waals surface area (Å²) in [5, 5.41) is 68.8. The van der Waals surface area contributed by atoms with Gasteiger partial charge in [-0.1, -0.05) is 48.5 Å². The average Bonchev–Trinajstić information content (AvgIpc) is 4.45.